The van der Waals surface area contributed by atoms with Gasteiger partial charge in [-0.1, -0.05) is 18.2 Å². The first-order chi connectivity index (χ1) is 13.2. The van der Waals surface area contributed by atoms with Crippen LogP contribution in [0.4, 0.5) is 0 Å². The summed E-state index contributed by atoms with van der Waals surface area (Å²) in [7, 11) is -3.30. The summed E-state index contributed by atoms with van der Waals surface area (Å²) in [6, 6.07) is 11.7. The van der Waals surface area contributed by atoms with Gasteiger partial charge in [0.25, 0.3) is 0 Å². The molecule has 28 heavy (non-hydrogen) atoms. The van der Waals surface area contributed by atoms with Crippen LogP contribution in [-0.4, -0.2) is 32.2 Å². The quantitative estimate of drug-likeness (QED) is 0.666. The number of carbonyl (C=O) groups excluding carboxylic acids is 1. The molecule has 0 unspecified atom stereocenters. The maximum absolute atomic E-state index is 13.1. The Morgan fingerprint density at radius 1 is 1.11 bits per heavy atom. The third kappa shape index (κ3) is 3.99. The number of aromatic amines is 1. The van der Waals surface area contributed by atoms with E-state index in [0.717, 1.165) is 17.4 Å². The van der Waals surface area contributed by atoms with Gasteiger partial charge in [-0.2, -0.15) is 0 Å². The molecule has 0 aliphatic carbocycles. The number of hydrogen-bond acceptors (Lipinski definition) is 5. The molecule has 3 rings (SSSR count). The van der Waals surface area contributed by atoms with E-state index in [0.29, 0.717) is 16.5 Å². The zero-order chi connectivity index (χ0) is 20.5. The molecular weight excluding hydrogens is 378 g/mol. The molecule has 0 amide bonds. The number of aromatic nitrogens is 1. The second-order valence-corrected chi connectivity index (χ2v) is 8.69. The third-order valence-corrected chi connectivity index (χ3v) is 5.60. The summed E-state index contributed by atoms with van der Waals surface area (Å²) >= 11 is 0. The van der Waals surface area contributed by atoms with E-state index < -0.39 is 15.8 Å². The lowest BCUT2D eigenvalue weighted by Crippen LogP contribution is -2.20. The van der Waals surface area contributed by atoms with Gasteiger partial charge in [0.05, 0.1) is 17.0 Å². The van der Waals surface area contributed by atoms with Crippen molar-refractivity contribution in [2.24, 2.45) is 0 Å². The maximum atomic E-state index is 13.1. The van der Waals surface area contributed by atoms with Crippen LogP contribution in [0.3, 0.4) is 0 Å². The Hall–Kier alpha value is -2.93. The molecule has 0 bridgehead atoms. The molecule has 3 aromatic rings. The number of benzene rings is 2. The maximum Gasteiger partial charge on any atom is 0.355 e. The van der Waals surface area contributed by atoms with E-state index >= 15 is 0 Å². The largest absolute Gasteiger partial charge is 0.461 e. The van der Waals surface area contributed by atoms with Crippen molar-refractivity contribution < 1.29 is 17.9 Å². The molecule has 0 atom stereocenters. The van der Waals surface area contributed by atoms with Crippen molar-refractivity contribution in [3.63, 3.8) is 0 Å². The third-order valence-electron chi connectivity index (χ3n) is 4.47. The van der Waals surface area contributed by atoms with Gasteiger partial charge in [0.1, 0.15) is 5.69 Å². The van der Waals surface area contributed by atoms with Gasteiger partial charge in [-0.25, -0.2) is 13.2 Å². The van der Waals surface area contributed by atoms with Gasteiger partial charge in [-0.05, 0) is 49.2 Å². The molecule has 0 saturated carbocycles. The molecule has 2 aromatic carbocycles. The Balaban J connectivity index is 2.14. The molecule has 0 spiro atoms. The standard InChI is InChI=1S/C21H21NO5S/c1-4-27-21(24)19-17(12-14-6-8-15(9-7-14)28(3,25)26)20(23)16-10-5-13(2)11-18(16)22-19/h5-11H,4,12H2,1-3H3,(H,22,23). The monoisotopic (exact) mass is 399 g/mol. The number of sulfone groups is 1. The molecule has 1 aromatic heterocycles. The van der Waals surface area contributed by atoms with Crippen LogP contribution in [0.25, 0.3) is 10.9 Å². The summed E-state index contributed by atoms with van der Waals surface area (Å²) in [6.45, 7) is 3.79. The first-order valence-corrected chi connectivity index (χ1v) is 10.7. The Labute approximate surface area is 163 Å². The van der Waals surface area contributed by atoms with E-state index in [4.69, 9.17) is 4.74 Å². The van der Waals surface area contributed by atoms with Crippen LogP contribution in [0.5, 0.6) is 0 Å². The summed E-state index contributed by atoms with van der Waals surface area (Å²) in [5.41, 5.74) is 2.42. The number of rotatable bonds is 5. The number of H-pyrrole nitrogens is 1. The topological polar surface area (TPSA) is 93.3 Å². The number of carbonyl (C=O) groups is 1. The number of aryl methyl sites for hydroxylation is 1. The van der Waals surface area contributed by atoms with Crippen LogP contribution in [0.15, 0.2) is 52.2 Å². The van der Waals surface area contributed by atoms with E-state index in [2.05, 4.69) is 4.98 Å². The van der Waals surface area contributed by atoms with Crippen LogP contribution >= 0.6 is 0 Å². The Morgan fingerprint density at radius 3 is 2.39 bits per heavy atom. The lowest BCUT2D eigenvalue weighted by Gasteiger charge is -2.11. The second-order valence-electron chi connectivity index (χ2n) is 6.67. The minimum absolute atomic E-state index is 0.122. The highest BCUT2D eigenvalue weighted by Crippen LogP contribution is 2.18. The minimum atomic E-state index is -3.30. The van der Waals surface area contributed by atoms with Crippen molar-refractivity contribution in [3.05, 3.63) is 75.1 Å². The second kappa shape index (κ2) is 7.59. The van der Waals surface area contributed by atoms with E-state index in [9.17, 15) is 18.0 Å². The number of ether oxygens (including phenoxy) is 1. The molecule has 1 heterocycles. The molecule has 146 valence electrons. The van der Waals surface area contributed by atoms with Crippen molar-refractivity contribution in [3.8, 4) is 0 Å². The molecule has 0 aliphatic rings. The summed E-state index contributed by atoms with van der Waals surface area (Å²) in [6.07, 6.45) is 1.31. The first-order valence-electron chi connectivity index (χ1n) is 8.82. The number of esters is 1. The Morgan fingerprint density at radius 2 is 1.79 bits per heavy atom. The fourth-order valence-electron chi connectivity index (χ4n) is 3.05. The van der Waals surface area contributed by atoms with Gasteiger partial charge in [0, 0.05) is 23.6 Å². The highest BCUT2D eigenvalue weighted by Gasteiger charge is 2.19. The normalized spacial score (nSPS) is 11.5. The molecule has 0 aliphatic heterocycles. The average Bonchev–Trinajstić information content (AvgIpc) is 2.63. The fourth-order valence-corrected chi connectivity index (χ4v) is 3.68. The van der Waals surface area contributed by atoms with E-state index in [-0.39, 0.29) is 29.0 Å². The van der Waals surface area contributed by atoms with Crippen LogP contribution in [0.2, 0.25) is 0 Å². The van der Waals surface area contributed by atoms with Gasteiger partial charge in [0.2, 0.25) is 0 Å². The minimum Gasteiger partial charge on any atom is -0.461 e. The van der Waals surface area contributed by atoms with Crippen LogP contribution in [0.1, 0.15) is 34.1 Å². The number of fused-ring (bicyclic) bond motifs is 1. The highest BCUT2D eigenvalue weighted by atomic mass is 32.2. The Bertz CT molecular complexity index is 1210. The number of nitrogens with one attached hydrogen (secondary N) is 1. The van der Waals surface area contributed by atoms with Gasteiger partial charge < -0.3 is 9.72 Å². The predicted octanol–water partition coefficient (Wildman–Crippen LogP) is 3.01. The molecule has 0 saturated heterocycles. The van der Waals surface area contributed by atoms with E-state index in [1.165, 1.54) is 12.1 Å². The van der Waals surface area contributed by atoms with Crippen LogP contribution in [0, 0.1) is 6.92 Å². The highest BCUT2D eigenvalue weighted by molar-refractivity contribution is 7.90. The molecule has 0 fully saturated rings. The Kier molecular flexibility index (Phi) is 5.38. The predicted molar refractivity (Wildman–Crippen MR) is 108 cm³/mol. The van der Waals surface area contributed by atoms with Gasteiger partial charge in [-0.3, -0.25) is 4.79 Å². The van der Waals surface area contributed by atoms with E-state index in [1.54, 1.807) is 25.1 Å². The lowest BCUT2D eigenvalue weighted by atomic mass is 10.00. The number of hydrogen-bond donors (Lipinski definition) is 1. The zero-order valence-electron chi connectivity index (χ0n) is 15.9. The molecule has 6 nitrogen and oxygen atoms in total. The van der Waals surface area contributed by atoms with Crippen molar-refractivity contribution in [1.29, 1.82) is 0 Å². The van der Waals surface area contributed by atoms with Crippen LogP contribution in [-0.2, 0) is 21.0 Å². The summed E-state index contributed by atoms with van der Waals surface area (Å²) in [5, 5.41) is 0.487. The molecule has 7 heteroatoms. The van der Waals surface area contributed by atoms with Gasteiger partial charge >= 0.3 is 5.97 Å². The molecule has 0 radical (unpaired) electrons. The lowest BCUT2D eigenvalue weighted by molar-refractivity contribution is 0.0518. The summed E-state index contributed by atoms with van der Waals surface area (Å²) in [5.74, 6) is -0.592. The van der Waals surface area contributed by atoms with Crippen molar-refractivity contribution >= 4 is 26.7 Å². The van der Waals surface area contributed by atoms with Crippen LogP contribution < -0.4 is 5.43 Å². The first kappa shape index (κ1) is 19.8. The van der Waals surface area contributed by atoms with Crippen molar-refractivity contribution in [2.45, 2.75) is 25.2 Å². The molecule has 1 N–H and O–H groups in total. The SMILES string of the molecule is CCOC(=O)c1[nH]c2cc(C)ccc2c(=O)c1Cc1ccc(S(C)(=O)=O)cc1. The van der Waals surface area contributed by atoms with Crippen molar-refractivity contribution in [2.75, 3.05) is 12.9 Å². The van der Waals surface area contributed by atoms with Gasteiger partial charge in [0.15, 0.2) is 15.3 Å². The number of pyridine rings is 1. The molecular formula is C21H21NO5S. The van der Waals surface area contributed by atoms with Gasteiger partial charge in [-0.15, -0.1) is 0 Å². The van der Waals surface area contributed by atoms with Crippen molar-refractivity contribution in [1.82, 2.24) is 4.98 Å². The summed E-state index contributed by atoms with van der Waals surface area (Å²) in [4.78, 5) is 28.8. The zero-order valence-corrected chi connectivity index (χ0v) is 16.7. The van der Waals surface area contributed by atoms with E-state index in [1.807, 2.05) is 19.1 Å². The fraction of sp³-hybridized carbons (Fsp3) is 0.238. The average molecular weight is 399 g/mol. The smallest absolute Gasteiger partial charge is 0.355 e. The summed E-state index contributed by atoms with van der Waals surface area (Å²) < 4.78 is 28.4.